The van der Waals surface area contributed by atoms with Crippen LogP contribution in [0.3, 0.4) is 0 Å². The topological polar surface area (TPSA) is 70.7 Å². The smallest absolute Gasteiger partial charge is 0.159 e. The van der Waals surface area contributed by atoms with Gasteiger partial charge in [0.25, 0.3) is 0 Å². The van der Waals surface area contributed by atoms with Gasteiger partial charge >= 0.3 is 0 Å². The average molecular weight is 432 g/mol. The van der Waals surface area contributed by atoms with Gasteiger partial charge in [-0.15, -0.1) is 0 Å². The number of nitrogens with one attached hydrogen (secondary N) is 2. The lowest BCUT2D eigenvalue weighted by Gasteiger charge is -2.12. The summed E-state index contributed by atoms with van der Waals surface area (Å²) < 4.78 is 71.6. The largest absolute Gasteiger partial charge is 0.298 e. The lowest BCUT2D eigenvalue weighted by atomic mass is 10.0. The number of hydrogen-bond donors (Lipinski definition) is 2. The molecule has 0 bridgehead atoms. The molecule has 0 saturated heterocycles. The van der Waals surface area contributed by atoms with Crippen molar-refractivity contribution in [3.8, 4) is 22.4 Å². The van der Waals surface area contributed by atoms with Crippen LogP contribution in [0.5, 0.6) is 0 Å². The van der Waals surface area contributed by atoms with Gasteiger partial charge in [-0.3, -0.25) is 14.8 Å². The number of aromatic nitrogens is 3. The quantitative estimate of drug-likeness (QED) is 0.444. The molecule has 10 heteroatoms. The van der Waals surface area contributed by atoms with E-state index >= 15 is 4.39 Å². The summed E-state index contributed by atoms with van der Waals surface area (Å²) in [6.45, 7) is 0. The number of aromatic amines is 1. The zero-order chi connectivity index (χ0) is 21.3. The van der Waals surface area contributed by atoms with Gasteiger partial charge in [0.1, 0.15) is 17.5 Å². The zero-order valence-electron chi connectivity index (χ0n) is 15.0. The van der Waals surface area contributed by atoms with E-state index in [2.05, 4.69) is 19.9 Å². The van der Waals surface area contributed by atoms with Crippen LogP contribution in [-0.4, -0.2) is 19.4 Å². The Morgan fingerprint density at radius 3 is 2.43 bits per heavy atom. The molecule has 0 spiro atoms. The second kappa shape index (κ2) is 8.07. The Morgan fingerprint density at radius 2 is 1.67 bits per heavy atom. The first-order chi connectivity index (χ1) is 14.5. The zero-order valence-corrected chi connectivity index (χ0v) is 15.8. The van der Waals surface area contributed by atoms with E-state index in [1.807, 2.05) is 0 Å². The third kappa shape index (κ3) is 3.69. The second-order valence-electron chi connectivity index (χ2n) is 6.12. The Labute approximate surface area is 170 Å². The van der Waals surface area contributed by atoms with E-state index in [0.717, 1.165) is 30.3 Å². The summed E-state index contributed by atoms with van der Waals surface area (Å²) in [6.07, 6.45) is 4.45. The predicted molar refractivity (Wildman–Crippen MR) is 104 cm³/mol. The van der Waals surface area contributed by atoms with Gasteiger partial charge in [0.05, 0.1) is 28.0 Å². The first-order valence-electron chi connectivity index (χ1n) is 8.51. The highest BCUT2D eigenvalue weighted by Crippen LogP contribution is 2.36. The highest BCUT2D eigenvalue weighted by atomic mass is 32.2. The predicted octanol–water partition coefficient (Wildman–Crippen LogP) is 4.83. The second-order valence-corrected chi connectivity index (χ2v) is 7.31. The minimum Gasteiger partial charge on any atom is -0.298 e. The molecule has 2 aromatic carbocycles. The minimum atomic E-state index is -2.33. The Bertz CT molecular complexity index is 1250. The molecular formula is C20H12F4N4OS. The fourth-order valence-electron chi connectivity index (χ4n) is 2.86. The van der Waals surface area contributed by atoms with Crippen LogP contribution in [0, 0.1) is 23.3 Å². The molecule has 4 rings (SSSR count). The minimum absolute atomic E-state index is 0.0579. The normalized spacial score (nSPS) is 12.0. The Hall–Kier alpha value is -3.53. The number of hydrogen-bond acceptors (Lipinski definition) is 3. The third-order valence-electron chi connectivity index (χ3n) is 4.27. The third-order valence-corrected chi connectivity index (χ3v) is 5.39. The number of rotatable bonds is 5. The molecule has 2 heterocycles. The van der Waals surface area contributed by atoms with Gasteiger partial charge in [0, 0.05) is 18.0 Å². The van der Waals surface area contributed by atoms with Crippen molar-refractivity contribution in [1.82, 2.24) is 15.2 Å². The van der Waals surface area contributed by atoms with Gasteiger partial charge in [0.2, 0.25) is 0 Å². The van der Waals surface area contributed by atoms with E-state index in [4.69, 9.17) is 0 Å². The van der Waals surface area contributed by atoms with E-state index in [0.29, 0.717) is 11.1 Å². The summed E-state index contributed by atoms with van der Waals surface area (Å²) in [5.74, 6) is -3.69. The fourth-order valence-corrected chi connectivity index (χ4v) is 3.79. The summed E-state index contributed by atoms with van der Waals surface area (Å²) in [6, 6.07) is 7.69. The molecule has 0 radical (unpaired) electrons. The number of H-pyrrole nitrogens is 1. The number of halogens is 4. The van der Waals surface area contributed by atoms with Crippen LogP contribution in [0.2, 0.25) is 0 Å². The summed E-state index contributed by atoms with van der Waals surface area (Å²) >= 11 is 0. The van der Waals surface area contributed by atoms with Crippen LogP contribution in [-0.2, 0) is 11.0 Å². The van der Waals surface area contributed by atoms with Gasteiger partial charge in [0.15, 0.2) is 16.8 Å². The highest BCUT2D eigenvalue weighted by molar-refractivity contribution is 7.86. The van der Waals surface area contributed by atoms with Crippen LogP contribution < -0.4 is 4.72 Å². The Balaban J connectivity index is 1.75. The van der Waals surface area contributed by atoms with Crippen molar-refractivity contribution < 1.29 is 21.8 Å². The lowest BCUT2D eigenvalue weighted by Crippen LogP contribution is -2.09. The molecule has 2 N–H and O–H groups in total. The molecule has 1 atom stereocenters. The van der Waals surface area contributed by atoms with E-state index < -0.39 is 44.7 Å². The molecule has 1 unspecified atom stereocenters. The molecule has 0 amide bonds. The molecule has 0 fully saturated rings. The Morgan fingerprint density at radius 1 is 0.933 bits per heavy atom. The molecule has 4 aromatic rings. The van der Waals surface area contributed by atoms with Crippen LogP contribution >= 0.6 is 0 Å². The summed E-state index contributed by atoms with van der Waals surface area (Å²) in [7, 11) is -2.33. The number of pyridine rings is 1. The van der Waals surface area contributed by atoms with Crippen molar-refractivity contribution in [3.05, 3.63) is 84.3 Å². The summed E-state index contributed by atoms with van der Waals surface area (Å²) in [5, 5.41) is 6.43. The SMILES string of the molecule is O=S(Nc1ccc(F)c(-c2[nH]ncc2-c2ccncc2)c1F)c1cc(F)ccc1F. The van der Waals surface area contributed by atoms with E-state index in [1.54, 1.807) is 12.1 Å². The molecule has 5 nitrogen and oxygen atoms in total. The van der Waals surface area contributed by atoms with E-state index in [1.165, 1.54) is 18.6 Å². The molecule has 152 valence electrons. The number of nitrogens with zero attached hydrogens (tertiary/aromatic N) is 2. The standard InChI is InChI=1S/C20H12F4N4OS/c21-12-1-2-14(22)17(9-12)30(29)28-16-4-3-15(23)18(19(16)24)20-13(10-26-27-20)11-5-7-25-8-6-11/h1-10,28H,(H,26,27). The van der Waals surface area contributed by atoms with Crippen molar-refractivity contribution in [2.45, 2.75) is 4.90 Å². The van der Waals surface area contributed by atoms with Gasteiger partial charge in [-0.05, 0) is 48.0 Å². The van der Waals surface area contributed by atoms with Crippen molar-refractivity contribution in [2.75, 3.05) is 4.72 Å². The molecule has 0 aliphatic rings. The molecule has 0 aliphatic heterocycles. The van der Waals surface area contributed by atoms with Crippen molar-refractivity contribution >= 4 is 16.7 Å². The molecule has 0 saturated carbocycles. The number of anilines is 1. The molecular weight excluding hydrogens is 420 g/mol. The van der Waals surface area contributed by atoms with Gasteiger partial charge in [-0.1, -0.05) is 0 Å². The molecule has 30 heavy (non-hydrogen) atoms. The van der Waals surface area contributed by atoms with Crippen LogP contribution in [0.15, 0.2) is 66.0 Å². The van der Waals surface area contributed by atoms with Gasteiger partial charge < -0.3 is 0 Å². The maximum absolute atomic E-state index is 15.2. The first-order valence-corrected chi connectivity index (χ1v) is 9.66. The lowest BCUT2D eigenvalue weighted by molar-refractivity contribution is 0.572. The van der Waals surface area contributed by atoms with E-state index in [-0.39, 0.29) is 11.4 Å². The van der Waals surface area contributed by atoms with Crippen molar-refractivity contribution in [1.29, 1.82) is 0 Å². The van der Waals surface area contributed by atoms with Crippen LogP contribution in [0.25, 0.3) is 22.4 Å². The van der Waals surface area contributed by atoms with Crippen molar-refractivity contribution in [3.63, 3.8) is 0 Å². The van der Waals surface area contributed by atoms with Gasteiger partial charge in [-0.25, -0.2) is 21.8 Å². The molecule has 0 aliphatic carbocycles. The van der Waals surface area contributed by atoms with Crippen LogP contribution in [0.1, 0.15) is 0 Å². The summed E-state index contributed by atoms with van der Waals surface area (Å²) in [5.41, 5.74) is 0.299. The monoisotopic (exact) mass is 432 g/mol. The maximum Gasteiger partial charge on any atom is 0.159 e. The fraction of sp³-hybridized carbons (Fsp3) is 0. The molecule has 2 aromatic heterocycles. The van der Waals surface area contributed by atoms with Gasteiger partial charge in [-0.2, -0.15) is 5.10 Å². The van der Waals surface area contributed by atoms with Crippen molar-refractivity contribution in [2.24, 2.45) is 0 Å². The average Bonchev–Trinajstić information content (AvgIpc) is 3.22. The van der Waals surface area contributed by atoms with E-state index in [9.17, 15) is 17.4 Å². The maximum atomic E-state index is 15.2. The highest BCUT2D eigenvalue weighted by Gasteiger charge is 2.22. The first kappa shape index (κ1) is 19.8. The number of benzene rings is 2. The Kier molecular flexibility index (Phi) is 5.32. The summed E-state index contributed by atoms with van der Waals surface area (Å²) in [4.78, 5) is 3.40. The van der Waals surface area contributed by atoms with Crippen LogP contribution in [0.4, 0.5) is 23.2 Å².